The third-order valence-corrected chi connectivity index (χ3v) is 3.43. The molecule has 100 valence electrons. The van der Waals surface area contributed by atoms with E-state index in [1.807, 2.05) is 24.3 Å². The van der Waals surface area contributed by atoms with Crippen LogP contribution in [0.2, 0.25) is 0 Å². The van der Waals surface area contributed by atoms with Gasteiger partial charge in [-0.05, 0) is 12.1 Å². The van der Waals surface area contributed by atoms with Crippen molar-refractivity contribution in [1.29, 1.82) is 0 Å². The predicted molar refractivity (Wildman–Crippen MR) is 74.1 cm³/mol. The van der Waals surface area contributed by atoms with E-state index in [2.05, 4.69) is 11.1 Å². The van der Waals surface area contributed by atoms with Gasteiger partial charge in [0.1, 0.15) is 6.10 Å². The molecule has 4 nitrogen and oxygen atoms in total. The van der Waals surface area contributed by atoms with Crippen LogP contribution >= 0.6 is 0 Å². The molecular formula is C15H18N2O2. The summed E-state index contributed by atoms with van der Waals surface area (Å²) in [5.41, 5.74) is 7.71. The van der Waals surface area contributed by atoms with Crippen molar-refractivity contribution in [2.45, 2.75) is 25.5 Å². The van der Waals surface area contributed by atoms with Crippen molar-refractivity contribution < 1.29 is 9.47 Å². The third kappa shape index (κ3) is 2.69. The van der Waals surface area contributed by atoms with Gasteiger partial charge in [-0.2, -0.15) is 0 Å². The van der Waals surface area contributed by atoms with Gasteiger partial charge >= 0.3 is 0 Å². The van der Waals surface area contributed by atoms with E-state index in [-0.39, 0.29) is 6.10 Å². The van der Waals surface area contributed by atoms with Crippen molar-refractivity contribution in [3.05, 3.63) is 35.9 Å². The van der Waals surface area contributed by atoms with Gasteiger partial charge in [-0.25, -0.2) is 4.98 Å². The third-order valence-electron chi connectivity index (χ3n) is 3.43. The summed E-state index contributed by atoms with van der Waals surface area (Å²) in [5, 5.41) is 1.10. The first kappa shape index (κ1) is 12.4. The van der Waals surface area contributed by atoms with Crippen LogP contribution in [-0.4, -0.2) is 24.3 Å². The Morgan fingerprint density at radius 1 is 1.26 bits per heavy atom. The second kappa shape index (κ2) is 5.55. The van der Waals surface area contributed by atoms with Gasteiger partial charge in [0.25, 0.3) is 0 Å². The average Bonchev–Trinajstić information content (AvgIpc) is 2.47. The average molecular weight is 258 g/mol. The molecule has 2 aromatic rings. The molecule has 1 aromatic carbocycles. The molecule has 2 heterocycles. The number of nitrogens with two attached hydrogens (primary N) is 1. The van der Waals surface area contributed by atoms with Crippen molar-refractivity contribution in [3.8, 4) is 5.88 Å². The van der Waals surface area contributed by atoms with Crippen molar-refractivity contribution in [1.82, 2.24) is 4.98 Å². The van der Waals surface area contributed by atoms with Crippen LogP contribution in [-0.2, 0) is 11.3 Å². The van der Waals surface area contributed by atoms with Crippen molar-refractivity contribution in [2.24, 2.45) is 5.73 Å². The Hall–Kier alpha value is -1.65. The number of hydrogen-bond acceptors (Lipinski definition) is 4. The van der Waals surface area contributed by atoms with Crippen molar-refractivity contribution >= 4 is 10.9 Å². The maximum Gasteiger partial charge on any atom is 0.218 e. The largest absolute Gasteiger partial charge is 0.474 e. The van der Waals surface area contributed by atoms with E-state index in [1.165, 1.54) is 0 Å². The normalized spacial score (nSPS) is 16.7. The predicted octanol–water partition coefficient (Wildman–Crippen LogP) is 2.25. The summed E-state index contributed by atoms with van der Waals surface area (Å²) >= 11 is 0. The summed E-state index contributed by atoms with van der Waals surface area (Å²) < 4.78 is 11.4. The van der Waals surface area contributed by atoms with Crippen molar-refractivity contribution in [3.63, 3.8) is 0 Å². The summed E-state index contributed by atoms with van der Waals surface area (Å²) in [6.45, 7) is 1.96. The van der Waals surface area contributed by atoms with Crippen molar-refractivity contribution in [2.75, 3.05) is 13.2 Å². The Bertz CT molecular complexity index is 565. The summed E-state index contributed by atoms with van der Waals surface area (Å²) in [4.78, 5) is 4.60. The number of nitrogens with zero attached hydrogens (tertiary/aromatic N) is 1. The van der Waals surface area contributed by atoms with Gasteiger partial charge < -0.3 is 15.2 Å². The maximum absolute atomic E-state index is 6.01. The van der Waals surface area contributed by atoms with Gasteiger partial charge in [0.15, 0.2) is 0 Å². The molecule has 0 amide bonds. The molecule has 1 saturated heterocycles. The van der Waals surface area contributed by atoms with Gasteiger partial charge in [0, 0.05) is 30.3 Å². The number of aromatic nitrogens is 1. The Balaban J connectivity index is 1.91. The van der Waals surface area contributed by atoms with Gasteiger partial charge in [-0.3, -0.25) is 0 Å². The Labute approximate surface area is 112 Å². The standard InChI is InChI=1S/C15H18N2O2/c16-10-12-9-11-3-1-2-4-14(11)17-15(12)19-13-5-7-18-8-6-13/h1-4,9,13H,5-8,10,16H2. The monoisotopic (exact) mass is 258 g/mol. The number of para-hydroxylation sites is 1. The topological polar surface area (TPSA) is 57.4 Å². The fourth-order valence-corrected chi connectivity index (χ4v) is 2.34. The van der Waals surface area contributed by atoms with Crippen LogP contribution in [0.4, 0.5) is 0 Å². The Morgan fingerprint density at radius 3 is 2.84 bits per heavy atom. The van der Waals surface area contributed by atoms with Gasteiger partial charge in [0.05, 0.1) is 18.7 Å². The zero-order chi connectivity index (χ0) is 13.1. The van der Waals surface area contributed by atoms with E-state index in [0.717, 1.165) is 42.5 Å². The minimum Gasteiger partial charge on any atom is -0.474 e. The van der Waals surface area contributed by atoms with Crippen LogP contribution in [0.3, 0.4) is 0 Å². The molecule has 0 saturated carbocycles. The molecule has 1 aromatic heterocycles. The number of fused-ring (bicyclic) bond motifs is 1. The van der Waals surface area contributed by atoms with Gasteiger partial charge in [0.2, 0.25) is 5.88 Å². The second-order valence-corrected chi connectivity index (χ2v) is 4.78. The lowest BCUT2D eigenvalue weighted by Crippen LogP contribution is -2.26. The van der Waals surface area contributed by atoms with Crippen LogP contribution in [0, 0.1) is 0 Å². The van der Waals surface area contributed by atoms with E-state index in [4.69, 9.17) is 15.2 Å². The molecule has 1 aliphatic heterocycles. The summed E-state index contributed by atoms with van der Waals surface area (Å²) in [5.74, 6) is 0.674. The highest BCUT2D eigenvalue weighted by molar-refractivity contribution is 5.80. The first-order chi connectivity index (χ1) is 9.36. The number of rotatable bonds is 3. The highest BCUT2D eigenvalue weighted by atomic mass is 16.5. The first-order valence-electron chi connectivity index (χ1n) is 6.70. The smallest absolute Gasteiger partial charge is 0.218 e. The molecule has 0 bridgehead atoms. The number of benzene rings is 1. The van der Waals surface area contributed by atoms with E-state index in [0.29, 0.717) is 12.4 Å². The fraction of sp³-hybridized carbons (Fsp3) is 0.400. The molecule has 0 atom stereocenters. The SMILES string of the molecule is NCc1cc2ccccc2nc1OC1CCOCC1. The lowest BCUT2D eigenvalue weighted by molar-refractivity contribution is 0.0235. The molecule has 1 aliphatic rings. The summed E-state index contributed by atoms with van der Waals surface area (Å²) in [6.07, 6.45) is 2.02. The molecule has 4 heteroatoms. The molecule has 19 heavy (non-hydrogen) atoms. The number of hydrogen-bond donors (Lipinski definition) is 1. The molecule has 1 fully saturated rings. The van der Waals surface area contributed by atoms with E-state index in [9.17, 15) is 0 Å². The zero-order valence-electron chi connectivity index (χ0n) is 10.8. The maximum atomic E-state index is 6.01. The van der Waals surface area contributed by atoms with Gasteiger partial charge in [-0.15, -0.1) is 0 Å². The van der Waals surface area contributed by atoms with Crippen LogP contribution in [0.5, 0.6) is 5.88 Å². The molecule has 0 radical (unpaired) electrons. The lowest BCUT2D eigenvalue weighted by Gasteiger charge is -2.23. The fourth-order valence-electron chi connectivity index (χ4n) is 2.34. The Kier molecular flexibility index (Phi) is 3.62. The van der Waals surface area contributed by atoms with E-state index < -0.39 is 0 Å². The number of pyridine rings is 1. The highest BCUT2D eigenvalue weighted by Gasteiger charge is 2.17. The summed E-state index contributed by atoms with van der Waals surface area (Å²) in [7, 11) is 0. The molecule has 0 spiro atoms. The van der Waals surface area contributed by atoms with Crippen LogP contribution in [0.15, 0.2) is 30.3 Å². The van der Waals surface area contributed by atoms with E-state index in [1.54, 1.807) is 0 Å². The molecule has 2 N–H and O–H groups in total. The Morgan fingerprint density at radius 2 is 2.05 bits per heavy atom. The minimum absolute atomic E-state index is 0.188. The zero-order valence-corrected chi connectivity index (χ0v) is 10.8. The minimum atomic E-state index is 0.188. The highest BCUT2D eigenvalue weighted by Crippen LogP contribution is 2.24. The quantitative estimate of drug-likeness (QED) is 0.917. The lowest BCUT2D eigenvalue weighted by atomic mass is 10.1. The molecule has 0 unspecified atom stereocenters. The van der Waals surface area contributed by atoms with E-state index >= 15 is 0 Å². The number of ether oxygens (including phenoxy) is 2. The van der Waals surface area contributed by atoms with Crippen LogP contribution < -0.4 is 10.5 Å². The summed E-state index contributed by atoms with van der Waals surface area (Å²) in [6, 6.07) is 10.1. The first-order valence-corrected chi connectivity index (χ1v) is 6.70. The van der Waals surface area contributed by atoms with Crippen LogP contribution in [0.25, 0.3) is 10.9 Å². The molecular weight excluding hydrogens is 240 g/mol. The second-order valence-electron chi connectivity index (χ2n) is 4.78. The molecule has 0 aliphatic carbocycles. The van der Waals surface area contributed by atoms with Crippen LogP contribution in [0.1, 0.15) is 18.4 Å². The van der Waals surface area contributed by atoms with Gasteiger partial charge in [-0.1, -0.05) is 18.2 Å². The molecule has 3 rings (SSSR count).